The van der Waals surface area contributed by atoms with E-state index >= 15 is 0 Å². The Morgan fingerprint density at radius 3 is 2.90 bits per heavy atom. The van der Waals surface area contributed by atoms with Crippen molar-refractivity contribution in [2.75, 3.05) is 12.4 Å². The molecule has 0 saturated carbocycles. The topological polar surface area (TPSA) is 56.1 Å². The molecule has 20 heavy (non-hydrogen) atoms. The van der Waals surface area contributed by atoms with E-state index in [4.69, 9.17) is 16.3 Å². The highest BCUT2D eigenvalue weighted by Gasteiger charge is 2.06. The first-order valence-corrected chi connectivity index (χ1v) is 6.52. The predicted octanol–water partition coefficient (Wildman–Crippen LogP) is 2.19. The first kappa shape index (κ1) is 14.6. The van der Waals surface area contributed by atoms with Crippen LogP contribution < -0.4 is 10.9 Å². The van der Waals surface area contributed by atoms with Crippen molar-refractivity contribution in [2.24, 2.45) is 7.05 Å². The quantitative estimate of drug-likeness (QED) is 0.918. The van der Waals surface area contributed by atoms with Gasteiger partial charge >= 0.3 is 0 Å². The minimum atomic E-state index is -0.315. The number of nitrogens with zero attached hydrogens (tertiary/aromatic N) is 2. The van der Waals surface area contributed by atoms with Gasteiger partial charge in [-0.15, -0.1) is 0 Å². The molecule has 0 unspecified atom stereocenters. The summed E-state index contributed by atoms with van der Waals surface area (Å²) in [6.07, 6.45) is 1.54. The summed E-state index contributed by atoms with van der Waals surface area (Å²) in [6.45, 7) is 1.13. The van der Waals surface area contributed by atoms with E-state index in [0.717, 1.165) is 11.1 Å². The molecule has 2 aromatic rings. The lowest BCUT2D eigenvalue weighted by Crippen LogP contribution is -2.21. The summed E-state index contributed by atoms with van der Waals surface area (Å²) in [5, 5.41) is 7.20. The zero-order chi connectivity index (χ0) is 14.5. The lowest BCUT2D eigenvalue weighted by atomic mass is 10.1. The third-order valence-electron chi connectivity index (χ3n) is 2.86. The molecule has 0 spiro atoms. The highest BCUT2D eigenvalue weighted by Crippen LogP contribution is 2.16. The van der Waals surface area contributed by atoms with Crippen LogP contribution in [0.25, 0.3) is 0 Å². The summed E-state index contributed by atoms with van der Waals surface area (Å²) in [4.78, 5) is 11.7. The van der Waals surface area contributed by atoms with Gasteiger partial charge in [-0.25, -0.2) is 4.68 Å². The third kappa shape index (κ3) is 3.37. The Morgan fingerprint density at radius 2 is 2.15 bits per heavy atom. The number of benzene rings is 1. The van der Waals surface area contributed by atoms with Crippen molar-refractivity contribution in [3.8, 4) is 0 Å². The number of ether oxygens (including phenoxy) is 1. The molecule has 1 aromatic heterocycles. The number of halogens is 1. The molecule has 1 heterocycles. The van der Waals surface area contributed by atoms with Crippen molar-refractivity contribution in [1.82, 2.24) is 9.78 Å². The Bertz CT molecular complexity index is 655. The monoisotopic (exact) mass is 293 g/mol. The van der Waals surface area contributed by atoms with E-state index in [9.17, 15) is 4.79 Å². The van der Waals surface area contributed by atoms with Gasteiger partial charge in [0.25, 0.3) is 5.56 Å². The fraction of sp³-hybridized carbons (Fsp3) is 0.286. The molecule has 6 heteroatoms. The predicted molar refractivity (Wildman–Crippen MR) is 79.0 cm³/mol. The average molecular weight is 294 g/mol. The second kappa shape index (κ2) is 6.54. The zero-order valence-corrected chi connectivity index (χ0v) is 12.1. The van der Waals surface area contributed by atoms with Crippen LogP contribution in [0.4, 0.5) is 5.69 Å². The number of aromatic nitrogens is 2. The normalized spacial score (nSPS) is 10.6. The number of hydrogen-bond donors (Lipinski definition) is 1. The second-order valence-electron chi connectivity index (χ2n) is 4.41. The van der Waals surface area contributed by atoms with Gasteiger partial charge in [0.2, 0.25) is 0 Å². The molecule has 0 aliphatic carbocycles. The smallest absolute Gasteiger partial charge is 0.287 e. The van der Waals surface area contributed by atoms with Gasteiger partial charge in [0.05, 0.1) is 18.5 Å². The van der Waals surface area contributed by atoms with Crippen LogP contribution in [0.1, 0.15) is 11.1 Å². The molecule has 0 bridgehead atoms. The summed E-state index contributed by atoms with van der Waals surface area (Å²) < 4.78 is 6.30. The van der Waals surface area contributed by atoms with Gasteiger partial charge in [0, 0.05) is 20.7 Å². The Hall–Kier alpha value is -1.85. The van der Waals surface area contributed by atoms with Crippen molar-refractivity contribution < 1.29 is 4.74 Å². The molecule has 2 rings (SSSR count). The van der Waals surface area contributed by atoms with Crippen LogP contribution in [0.2, 0.25) is 5.02 Å². The van der Waals surface area contributed by atoms with Crippen molar-refractivity contribution in [2.45, 2.75) is 13.2 Å². The average Bonchev–Trinajstić information content (AvgIpc) is 2.45. The molecule has 0 aliphatic heterocycles. The van der Waals surface area contributed by atoms with Crippen molar-refractivity contribution >= 4 is 17.3 Å². The molecule has 106 valence electrons. The molecular formula is C14H16ClN3O2. The maximum atomic E-state index is 11.7. The van der Waals surface area contributed by atoms with E-state index in [1.165, 1.54) is 4.68 Å². The standard InChI is InChI=1S/C14H16ClN3O2/c1-18-14(19)13(15)12(8-17-18)16-7-10-4-3-5-11(6-10)9-20-2/h3-6,8,16H,7,9H2,1-2H3. The fourth-order valence-corrected chi connectivity index (χ4v) is 2.07. The maximum Gasteiger partial charge on any atom is 0.287 e. The van der Waals surface area contributed by atoms with Crippen LogP contribution in [0.3, 0.4) is 0 Å². The van der Waals surface area contributed by atoms with E-state index in [-0.39, 0.29) is 10.6 Å². The fourth-order valence-electron chi connectivity index (χ4n) is 1.83. The van der Waals surface area contributed by atoms with Gasteiger partial charge < -0.3 is 10.1 Å². The van der Waals surface area contributed by atoms with Crippen LogP contribution in [0.15, 0.2) is 35.3 Å². The van der Waals surface area contributed by atoms with Crippen LogP contribution in [-0.2, 0) is 24.9 Å². The number of anilines is 1. The van der Waals surface area contributed by atoms with E-state index < -0.39 is 0 Å². The first-order chi connectivity index (χ1) is 9.61. The second-order valence-corrected chi connectivity index (χ2v) is 4.79. The number of nitrogens with one attached hydrogen (secondary N) is 1. The molecule has 1 N–H and O–H groups in total. The summed E-state index contributed by atoms with van der Waals surface area (Å²) in [6, 6.07) is 8.00. The van der Waals surface area contributed by atoms with Gasteiger partial charge in [-0.1, -0.05) is 35.9 Å². The molecule has 0 fully saturated rings. The number of aryl methyl sites for hydroxylation is 1. The molecule has 1 aromatic carbocycles. The summed E-state index contributed by atoms with van der Waals surface area (Å²) >= 11 is 5.99. The van der Waals surface area contributed by atoms with Crippen molar-refractivity contribution in [3.05, 3.63) is 57.0 Å². The van der Waals surface area contributed by atoms with Crippen molar-refractivity contribution in [3.63, 3.8) is 0 Å². The minimum Gasteiger partial charge on any atom is -0.380 e. The Morgan fingerprint density at radius 1 is 1.40 bits per heavy atom. The molecule has 5 nitrogen and oxygen atoms in total. The number of rotatable bonds is 5. The minimum absolute atomic E-state index is 0.149. The molecular weight excluding hydrogens is 278 g/mol. The van der Waals surface area contributed by atoms with E-state index in [2.05, 4.69) is 10.4 Å². The van der Waals surface area contributed by atoms with Crippen LogP contribution in [0.5, 0.6) is 0 Å². The van der Waals surface area contributed by atoms with Crippen LogP contribution in [0, 0.1) is 0 Å². The summed E-state index contributed by atoms with van der Waals surface area (Å²) in [7, 11) is 3.22. The Balaban J connectivity index is 2.11. The van der Waals surface area contributed by atoms with E-state index in [1.807, 2.05) is 24.3 Å². The van der Waals surface area contributed by atoms with E-state index in [0.29, 0.717) is 18.8 Å². The summed E-state index contributed by atoms with van der Waals surface area (Å²) in [5.41, 5.74) is 2.40. The third-order valence-corrected chi connectivity index (χ3v) is 3.23. The SMILES string of the molecule is COCc1cccc(CNc2cnn(C)c(=O)c2Cl)c1. The summed E-state index contributed by atoms with van der Waals surface area (Å²) in [5.74, 6) is 0. The number of methoxy groups -OCH3 is 1. The largest absolute Gasteiger partial charge is 0.380 e. The zero-order valence-electron chi connectivity index (χ0n) is 11.4. The van der Waals surface area contributed by atoms with Gasteiger partial charge in [-0.3, -0.25) is 4.79 Å². The lowest BCUT2D eigenvalue weighted by molar-refractivity contribution is 0.185. The molecule has 0 aliphatic rings. The highest BCUT2D eigenvalue weighted by molar-refractivity contribution is 6.32. The van der Waals surface area contributed by atoms with Crippen LogP contribution in [-0.4, -0.2) is 16.9 Å². The Labute approximate surface area is 122 Å². The molecule has 0 amide bonds. The molecule has 0 saturated heterocycles. The lowest BCUT2D eigenvalue weighted by Gasteiger charge is -2.09. The molecule has 0 atom stereocenters. The Kier molecular flexibility index (Phi) is 4.76. The molecule has 0 radical (unpaired) electrons. The van der Waals surface area contributed by atoms with Crippen molar-refractivity contribution in [1.29, 1.82) is 0 Å². The van der Waals surface area contributed by atoms with Crippen LogP contribution >= 0.6 is 11.6 Å². The van der Waals surface area contributed by atoms with Gasteiger partial charge in [-0.2, -0.15) is 5.10 Å². The van der Waals surface area contributed by atoms with E-state index in [1.54, 1.807) is 20.4 Å². The maximum absolute atomic E-state index is 11.7. The van der Waals surface area contributed by atoms with Gasteiger partial charge in [0.1, 0.15) is 5.02 Å². The van der Waals surface area contributed by atoms with Gasteiger partial charge in [-0.05, 0) is 11.1 Å². The highest BCUT2D eigenvalue weighted by atomic mass is 35.5. The first-order valence-electron chi connectivity index (χ1n) is 6.14. The number of hydrogen-bond acceptors (Lipinski definition) is 4. The van der Waals surface area contributed by atoms with Gasteiger partial charge in [0.15, 0.2) is 0 Å².